The number of carboxylic acid groups (broad SMARTS) is 1. The molecular formula is C12H11NO3. The first-order valence-corrected chi connectivity index (χ1v) is 5.00. The molecule has 2 aromatic rings. The Balaban J connectivity index is 2.31. The highest BCUT2D eigenvalue weighted by atomic mass is 16.5. The summed E-state index contributed by atoms with van der Waals surface area (Å²) in [5, 5.41) is 12.2. The lowest BCUT2D eigenvalue weighted by Crippen LogP contribution is -1.94. The van der Waals surface area contributed by atoms with Gasteiger partial charge in [-0.05, 0) is 12.0 Å². The van der Waals surface area contributed by atoms with Crippen molar-refractivity contribution in [1.82, 2.24) is 5.16 Å². The summed E-state index contributed by atoms with van der Waals surface area (Å²) in [6, 6.07) is 9.18. The topological polar surface area (TPSA) is 63.3 Å². The van der Waals surface area contributed by atoms with Crippen molar-refractivity contribution in [2.45, 2.75) is 13.3 Å². The molecule has 0 saturated carbocycles. The second-order valence-corrected chi connectivity index (χ2v) is 3.43. The third kappa shape index (κ3) is 1.95. The van der Waals surface area contributed by atoms with Crippen LogP contribution in [0.15, 0.2) is 34.9 Å². The molecule has 4 heteroatoms. The van der Waals surface area contributed by atoms with Crippen LogP contribution >= 0.6 is 0 Å². The van der Waals surface area contributed by atoms with E-state index in [-0.39, 0.29) is 5.69 Å². The van der Waals surface area contributed by atoms with Crippen molar-refractivity contribution in [1.29, 1.82) is 0 Å². The van der Waals surface area contributed by atoms with Crippen molar-refractivity contribution >= 4 is 5.97 Å². The molecule has 82 valence electrons. The minimum absolute atomic E-state index is 0.0745. The minimum atomic E-state index is -1.08. The third-order valence-electron chi connectivity index (χ3n) is 2.38. The van der Waals surface area contributed by atoms with E-state index in [1.165, 1.54) is 11.6 Å². The van der Waals surface area contributed by atoms with Gasteiger partial charge < -0.3 is 9.63 Å². The zero-order valence-electron chi connectivity index (χ0n) is 8.80. The Bertz CT molecular complexity index is 499. The average molecular weight is 217 g/mol. The van der Waals surface area contributed by atoms with Crippen LogP contribution in [0.3, 0.4) is 0 Å². The van der Waals surface area contributed by atoms with Gasteiger partial charge in [0.1, 0.15) is 0 Å². The zero-order chi connectivity index (χ0) is 11.5. The highest BCUT2D eigenvalue weighted by Gasteiger charge is 2.11. The van der Waals surface area contributed by atoms with Crippen molar-refractivity contribution in [3.8, 4) is 11.3 Å². The SMILES string of the molecule is CCc1ccc(-c2cc(C(=O)O)no2)cc1. The van der Waals surface area contributed by atoms with E-state index in [4.69, 9.17) is 9.63 Å². The number of aromatic carboxylic acids is 1. The number of carbonyl (C=O) groups is 1. The summed E-state index contributed by atoms with van der Waals surface area (Å²) in [4.78, 5) is 10.6. The van der Waals surface area contributed by atoms with Crippen LogP contribution in [0.1, 0.15) is 23.0 Å². The van der Waals surface area contributed by atoms with E-state index < -0.39 is 5.97 Å². The molecular weight excluding hydrogens is 206 g/mol. The monoisotopic (exact) mass is 217 g/mol. The summed E-state index contributed by atoms with van der Waals surface area (Å²) >= 11 is 0. The third-order valence-corrected chi connectivity index (χ3v) is 2.38. The number of hydrogen-bond acceptors (Lipinski definition) is 3. The molecule has 16 heavy (non-hydrogen) atoms. The Morgan fingerprint density at radius 2 is 2.06 bits per heavy atom. The van der Waals surface area contributed by atoms with E-state index in [0.717, 1.165) is 12.0 Å². The van der Waals surface area contributed by atoms with Crippen molar-refractivity contribution in [2.24, 2.45) is 0 Å². The predicted molar refractivity (Wildman–Crippen MR) is 58.3 cm³/mol. The van der Waals surface area contributed by atoms with Gasteiger partial charge in [0.05, 0.1) is 0 Å². The van der Waals surface area contributed by atoms with Crippen molar-refractivity contribution in [2.75, 3.05) is 0 Å². The maximum Gasteiger partial charge on any atom is 0.358 e. The zero-order valence-corrected chi connectivity index (χ0v) is 8.80. The number of aromatic nitrogens is 1. The summed E-state index contributed by atoms with van der Waals surface area (Å²) in [7, 11) is 0. The number of benzene rings is 1. The van der Waals surface area contributed by atoms with Gasteiger partial charge in [-0.25, -0.2) is 4.79 Å². The lowest BCUT2D eigenvalue weighted by Gasteiger charge is -1.97. The molecule has 1 aromatic heterocycles. The number of carboxylic acids is 1. The summed E-state index contributed by atoms with van der Waals surface area (Å²) < 4.78 is 4.95. The van der Waals surface area contributed by atoms with Gasteiger partial charge in [0.15, 0.2) is 11.5 Å². The van der Waals surface area contributed by atoms with Gasteiger partial charge in [-0.1, -0.05) is 36.3 Å². The fraction of sp³-hybridized carbons (Fsp3) is 0.167. The number of aryl methyl sites for hydroxylation is 1. The molecule has 2 rings (SSSR count). The van der Waals surface area contributed by atoms with Crippen LogP contribution in [-0.4, -0.2) is 16.2 Å². The molecule has 1 heterocycles. The number of hydrogen-bond donors (Lipinski definition) is 1. The van der Waals surface area contributed by atoms with E-state index >= 15 is 0 Å². The first-order valence-electron chi connectivity index (χ1n) is 5.00. The standard InChI is InChI=1S/C12H11NO3/c1-2-8-3-5-9(6-4-8)11-7-10(12(14)15)13-16-11/h3-7H,2H2,1H3,(H,14,15). The summed E-state index contributed by atoms with van der Waals surface area (Å²) in [6.45, 7) is 2.08. The maximum atomic E-state index is 10.6. The van der Waals surface area contributed by atoms with E-state index in [2.05, 4.69) is 12.1 Å². The van der Waals surface area contributed by atoms with Crippen LogP contribution < -0.4 is 0 Å². The molecule has 4 nitrogen and oxygen atoms in total. The minimum Gasteiger partial charge on any atom is -0.476 e. The van der Waals surface area contributed by atoms with Gasteiger partial charge in [-0.15, -0.1) is 0 Å². The molecule has 0 atom stereocenters. The maximum absolute atomic E-state index is 10.6. The highest BCUT2D eigenvalue weighted by molar-refractivity contribution is 5.86. The first kappa shape index (κ1) is 10.4. The van der Waals surface area contributed by atoms with Gasteiger partial charge in [-0.2, -0.15) is 0 Å². The molecule has 0 aliphatic carbocycles. The lowest BCUT2D eigenvalue weighted by atomic mass is 10.1. The molecule has 0 bridgehead atoms. The molecule has 0 amide bonds. The Hall–Kier alpha value is -2.10. The Kier molecular flexibility index (Phi) is 2.72. The van der Waals surface area contributed by atoms with Gasteiger partial charge in [0, 0.05) is 11.6 Å². The predicted octanol–water partition coefficient (Wildman–Crippen LogP) is 2.60. The first-order chi connectivity index (χ1) is 7.70. The van der Waals surface area contributed by atoms with E-state index in [1.807, 2.05) is 24.3 Å². The van der Waals surface area contributed by atoms with Gasteiger partial charge in [0.2, 0.25) is 0 Å². The van der Waals surface area contributed by atoms with Gasteiger partial charge >= 0.3 is 5.97 Å². The molecule has 1 N–H and O–H groups in total. The number of nitrogens with zero attached hydrogens (tertiary/aromatic N) is 1. The second-order valence-electron chi connectivity index (χ2n) is 3.43. The molecule has 1 aromatic carbocycles. The fourth-order valence-electron chi connectivity index (χ4n) is 1.42. The lowest BCUT2D eigenvalue weighted by molar-refractivity contribution is 0.0686. The molecule has 0 saturated heterocycles. The smallest absolute Gasteiger partial charge is 0.358 e. The highest BCUT2D eigenvalue weighted by Crippen LogP contribution is 2.20. The largest absolute Gasteiger partial charge is 0.476 e. The van der Waals surface area contributed by atoms with Crippen LogP contribution in [0.5, 0.6) is 0 Å². The number of rotatable bonds is 3. The van der Waals surface area contributed by atoms with Crippen LogP contribution in [0.25, 0.3) is 11.3 Å². The Labute approximate surface area is 92.5 Å². The van der Waals surface area contributed by atoms with Crippen molar-refractivity contribution in [3.05, 3.63) is 41.6 Å². The fourth-order valence-corrected chi connectivity index (χ4v) is 1.42. The molecule has 0 radical (unpaired) electrons. The molecule has 0 aliphatic heterocycles. The summed E-state index contributed by atoms with van der Waals surface area (Å²) in [5.74, 6) is -0.611. The summed E-state index contributed by atoms with van der Waals surface area (Å²) in [6.07, 6.45) is 0.969. The normalized spacial score (nSPS) is 10.3. The van der Waals surface area contributed by atoms with Crippen LogP contribution in [0.2, 0.25) is 0 Å². The van der Waals surface area contributed by atoms with Crippen LogP contribution in [0, 0.1) is 0 Å². The molecule has 0 unspecified atom stereocenters. The average Bonchev–Trinajstić information content (AvgIpc) is 2.78. The van der Waals surface area contributed by atoms with E-state index in [9.17, 15) is 4.79 Å². The Morgan fingerprint density at radius 3 is 2.56 bits per heavy atom. The van der Waals surface area contributed by atoms with Crippen LogP contribution in [0.4, 0.5) is 0 Å². The van der Waals surface area contributed by atoms with E-state index in [1.54, 1.807) is 0 Å². The van der Waals surface area contributed by atoms with Gasteiger partial charge in [0.25, 0.3) is 0 Å². The van der Waals surface area contributed by atoms with E-state index in [0.29, 0.717) is 5.76 Å². The summed E-state index contributed by atoms with van der Waals surface area (Å²) in [5.41, 5.74) is 1.98. The van der Waals surface area contributed by atoms with Crippen molar-refractivity contribution < 1.29 is 14.4 Å². The molecule has 0 fully saturated rings. The second kappa shape index (κ2) is 4.18. The van der Waals surface area contributed by atoms with Gasteiger partial charge in [-0.3, -0.25) is 0 Å². The Morgan fingerprint density at radius 1 is 1.38 bits per heavy atom. The quantitative estimate of drug-likeness (QED) is 0.858. The van der Waals surface area contributed by atoms with Crippen LogP contribution in [-0.2, 0) is 6.42 Å². The molecule has 0 spiro atoms. The molecule has 0 aliphatic rings. The van der Waals surface area contributed by atoms with Crippen molar-refractivity contribution in [3.63, 3.8) is 0 Å².